The van der Waals surface area contributed by atoms with Crippen molar-refractivity contribution in [3.05, 3.63) is 71.4 Å². The van der Waals surface area contributed by atoms with E-state index in [-0.39, 0.29) is 12.1 Å². The van der Waals surface area contributed by atoms with Gasteiger partial charge in [0.25, 0.3) is 5.91 Å². The quantitative estimate of drug-likeness (QED) is 0.749. The number of carbonyl (C=O) groups is 1. The van der Waals surface area contributed by atoms with Gasteiger partial charge in [-0.15, -0.1) is 0 Å². The number of carbonyl (C=O) groups excluding carboxylic acids is 1. The number of hydrogen-bond acceptors (Lipinski definition) is 2. The Morgan fingerprint density at radius 3 is 2.70 bits per heavy atom. The molecule has 0 saturated carbocycles. The zero-order valence-electron chi connectivity index (χ0n) is 12.5. The number of benzene rings is 2. The number of ether oxygens (including phenoxy) is 1. The van der Waals surface area contributed by atoms with Crippen molar-refractivity contribution in [2.75, 3.05) is 6.54 Å². The standard InChI is InChI=1S/C19H16N2O2/c22-18-17(12-6-2-1-3-7-12)23-19-16-14(10-11-21(18)19)13-8-4-5-9-15(13)20-16/h1-9,17,19-20H,10-11H2/t17-,19+/m0/s1. The second-order valence-electron chi connectivity index (χ2n) is 6.12. The summed E-state index contributed by atoms with van der Waals surface area (Å²) in [5.74, 6) is 0.0607. The number of amides is 1. The van der Waals surface area contributed by atoms with E-state index in [9.17, 15) is 4.79 Å². The van der Waals surface area contributed by atoms with E-state index in [1.165, 1.54) is 10.9 Å². The van der Waals surface area contributed by atoms with Crippen LogP contribution in [0.3, 0.4) is 0 Å². The van der Waals surface area contributed by atoms with E-state index in [2.05, 4.69) is 23.2 Å². The van der Waals surface area contributed by atoms with Crippen molar-refractivity contribution >= 4 is 16.8 Å². The van der Waals surface area contributed by atoms with Gasteiger partial charge in [0.1, 0.15) is 0 Å². The van der Waals surface area contributed by atoms with Gasteiger partial charge in [0.05, 0.1) is 5.69 Å². The normalized spacial score (nSPS) is 23.1. The van der Waals surface area contributed by atoms with Crippen LogP contribution in [-0.4, -0.2) is 22.3 Å². The Hall–Kier alpha value is -2.59. The molecule has 1 N–H and O–H groups in total. The lowest BCUT2D eigenvalue weighted by atomic mass is 10.0. The molecule has 0 aliphatic carbocycles. The molecule has 23 heavy (non-hydrogen) atoms. The first-order chi connectivity index (χ1) is 11.3. The highest BCUT2D eigenvalue weighted by Crippen LogP contribution is 2.43. The third-order valence-electron chi connectivity index (χ3n) is 4.85. The number of hydrogen-bond donors (Lipinski definition) is 1. The summed E-state index contributed by atoms with van der Waals surface area (Å²) in [6.07, 6.45) is 0.0642. The number of para-hydroxylation sites is 1. The fraction of sp³-hybridized carbons (Fsp3) is 0.211. The number of fused-ring (bicyclic) bond motifs is 5. The minimum absolute atomic E-state index is 0.0607. The second kappa shape index (κ2) is 4.70. The SMILES string of the molecule is O=C1[C@H](c2ccccc2)O[C@@H]2c3[nH]c4ccccc4c3CCN12. The highest BCUT2D eigenvalue weighted by Gasteiger charge is 2.45. The Bertz CT molecular complexity index is 900. The van der Waals surface area contributed by atoms with E-state index in [0.29, 0.717) is 6.54 Å². The smallest absolute Gasteiger partial charge is 0.258 e. The average molecular weight is 304 g/mol. The minimum Gasteiger partial charge on any atom is -0.354 e. The van der Waals surface area contributed by atoms with Gasteiger partial charge in [0.15, 0.2) is 12.3 Å². The van der Waals surface area contributed by atoms with Crippen LogP contribution >= 0.6 is 0 Å². The molecule has 1 aromatic heterocycles. The Labute approximate surface area is 133 Å². The van der Waals surface area contributed by atoms with Gasteiger partial charge in [0.2, 0.25) is 0 Å². The molecule has 0 bridgehead atoms. The number of nitrogens with one attached hydrogen (secondary N) is 1. The van der Waals surface area contributed by atoms with Gasteiger partial charge >= 0.3 is 0 Å². The third kappa shape index (κ3) is 1.79. The summed E-state index contributed by atoms with van der Waals surface area (Å²) in [4.78, 5) is 18.1. The third-order valence-corrected chi connectivity index (χ3v) is 4.85. The molecule has 2 atom stereocenters. The summed E-state index contributed by atoms with van der Waals surface area (Å²) in [6, 6.07) is 18.0. The predicted octanol–water partition coefficient (Wildman–Crippen LogP) is 3.32. The molecule has 3 aromatic rings. The lowest BCUT2D eigenvalue weighted by Gasteiger charge is -2.27. The molecule has 1 amide bonds. The zero-order valence-corrected chi connectivity index (χ0v) is 12.5. The largest absolute Gasteiger partial charge is 0.354 e. The van der Waals surface area contributed by atoms with Crippen LogP contribution in [0, 0.1) is 0 Å². The van der Waals surface area contributed by atoms with Crippen LogP contribution in [-0.2, 0) is 16.0 Å². The lowest BCUT2D eigenvalue weighted by molar-refractivity contribution is -0.130. The molecule has 5 rings (SSSR count). The fourth-order valence-corrected chi connectivity index (χ4v) is 3.76. The van der Waals surface area contributed by atoms with Crippen LogP contribution in [0.1, 0.15) is 29.2 Å². The number of aromatic amines is 1. The number of rotatable bonds is 1. The molecule has 0 radical (unpaired) electrons. The van der Waals surface area contributed by atoms with Crippen molar-refractivity contribution in [2.24, 2.45) is 0 Å². The Balaban J connectivity index is 1.60. The molecular weight excluding hydrogens is 288 g/mol. The van der Waals surface area contributed by atoms with E-state index in [0.717, 1.165) is 23.2 Å². The van der Waals surface area contributed by atoms with Crippen LogP contribution in [0.2, 0.25) is 0 Å². The fourth-order valence-electron chi connectivity index (χ4n) is 3.76. The molecule has 2 aliphatic heterocycles. The summed E-state index contributed by atoms with van der Waals surface area (Å²) in [5, 5.41) is 1.24. The van der Waals surface area contributed by atoms with E-state index in [4.69, 9.17) is 4.74 Å². The molecule has 2 aromatic carbocycles. The molecule has 3 heterocycles. The van der Waals surface area contributed by atoms with Crippen LogP contribution in [0.4, 0.5) is 0 Å². The van der Waals surface area contributed by atoms with Crippen molar-refractivity contribution in [1.29, 1.82) is 0 Å². The Kier molecular flexibility index (Phi) is 2.64. The van der Waals surface area contributed by atoms with Crippen molar-refractivity contribution < 1.29 is 9.53 Å². The molecule has 0 spiro atoms. The van der Waals surface area contributed by atoms with Crippen molar-refractivity contribution in [3.8, 4) is 0 Å². The van der Waals surface area contributed by atoms with Crippen LogP contribution in [0.5, 0.6) is 0 Å². The van der Waals surface area contributed by atoms with Crippen molar-refractivity contribution in [3.63, 3.8) is 0 Å². The van der Waals surface area contributed by atoms with Crippen LogP contribution < -0.4 is 0 Å². The van der Waals surface area contributed by atoms with Crippen LogP contribution in [0.25, 0.3) is 10.9 Å². The summed E-state index contributed by atoms with van der Waals surface area (Å²) < 4.78 is 6.16. The van der Waals surface area contributed by atoms with Gasteiger partial charge in [-0.3, -0.25) is 4.79 Å². The minimum atomic E-state index is -0.501. The van der Waals surface area contributed by atoms with E-state index < -0.39 is 6.10 Å². The molecule has 2 aliphatic rings. The van der Waals surface area contributed by atoms with Gasteiger partial charge in [-0.05, 0) is 23.6 Å². The zero-order chi connectivity index (χ0) is 15.4. The highest BCUT2D eigenvalue weighted by atomic mass is 16.5. The first-order valence-electron chi connectivity index (χ1n) is 7.93. The molecule has 114 valence electrons. The summed E-state index contributed by atoms with van der Waals surface area (Å²) in [6.45, 7) is 0.710. The van der Waals surface area contributed by atoms with Crippen LogP contribution in [0.15, 0.2) is 54.6 Å². The van der Waals surface area contributed by atoms with E-state index >= 15 is 0 Å². The van der Waals surface area contributed by atoms with Crippen molar-refractivity contribution in [1.82, 2.24) is 9.88 Å². The van der Waals surface area contributed by atoms with E-state index in [1.807, 2.05) is 41.3 Å². The average Bonchev–Trinajstić information content (AvgIpc) is 3.14. The molecule has 1 saturated heterocycles. The van der Waals surface area contributed by atoms with E-state index in [1.54, 1.807) is 0 Å². The first-order valence-corrected chi connectivity index (χ1v) is 7.93. The number of H-pyrrole nitrogens is 1. The Morgan fingerprint density at radius 2 is 1.83 bits per heavy atom. The summed E-state index contributed by atoms with van der Waals surface area (Å²) >= 11 is 0. The van der Waals surface area contributed by atoms with Gasteiger partial charge in [-0.1, -0.05) is 48.5 Å². The predicted molar refractivity (Wildman–Crippen MR) is 86.7 cm³/mol. The lowest BCUT2D eigenvalue weighted by Crippen LogP contribution is -2.35. The molecule has 4 nitrogen and oxygen atoms in total. The molecular formula is C19H16N2O2. The highest BCUT2D eigenvalue weighted by molar-refractivity contribution is 5.88. The van der Waals surface area contributed by atoms with Gasteiger partial charge < -0.3 is 14.6 Å². The maximum absolute atomic E-state index is 12.8. The monoisotopic (exact) mass is 304 g/mol. The Morgan fingerprint density at radius 1 is 1.04 bits per heavy atom. The molecule has 0 unspecified atom stereocenters. The maximum Gasteiger partial charge on any atom is 0.258 e. The molecule has 1 fully saturated rings. The molecule has 4 heteroatoms. The van der Waals surface area contributed by atoms with Gasteiger partial charge in [-0.2, -0.15) is 0 Å². The first kappa shape index (κ1) is 12.9. The van der Waals surface area contributed by atoms with Gasteiger partial charge in [0, 0.05) is 17.4 Å². The van der Waals surface area contributed by atoms with Gasteiger partial charge in [-0.25, -0.2) is 0 Å². The topological polar surface area (TPSA) is 45.3 Å². The summed E-state index contributed by atoms with van der Waals surface area (Å²) in [7, 11) is 0. The number of aromatic nitrogens is 1. The number of nitrogens with zero attached hydrogens (tertiary/aromatic N) is 1. The van der Waals surface area contributed by atoms with Crippen molar-refractivity contribution in [2.45, 2.75) is 18.8 Å². The summed E-state index contributed by atoms with van der Waals surface area (Å²) in [5.41, 5.74) is 4.34. The maximum atomic E-state index is 12.8. The second-order valence-corrected chi connectivity index (χ2v) is 6.12.